The van der Waals surface area contributed by atoms with Crippen LogP contribution in [0.5, 0.6) is 0 Å². The van der Waals surface area contributed by atoms with Crippen molar-refractivity contribution in [1.29, 1.82) is 0 Å². The molecule has 0 aliphatic rings. The fourth-order valence-corrected chi connectivity index (χ4v) is 2.25. The molecule has 0 spiro atoms. The largest absolute Gasteiger partial charge is 0.480 e. The van der Waals surface area contributed by atoms with E-state index in [2.05, 4.69) is 0 Å². The predicted octanol–water partition coefficient (Wildman–Crippen LogP) is 2.56. The zero-order valence-electron chi connectivity index (χ0n) is 12.3. The maximum absolute atomic E-state index is 11.4. The lowest BCUT2D eigenvalue weighted by molar-refractivity contribution is -0.142. The second-order valence-corrected chi connectivity index (χ2v) is 4.66. The van der Waals surface area contributed by atoms with Crippen molar-refractivity contribution < 1.29 is 19.8 Å². The number of aliphatic hydroxyl groups excluding tert-OH is 1. The van der Waals surface area contributed by atoms with Gasteiger partial charge in [-0.3, -0.25) is 4.84 Å². The van der Waals surface area contributed by atoms with Gasteiger partial charge in [0, 0.05) is 5.56 Å². The number of carbonyl (C=O) groups is 1. The minimum absolute atomic E-state index is 0.299. The standard InChI is InChI=1S/C17H19NO4/c1-2-22-18(16(12-19)17(20)21)15-11-7-6-10-14(15)13-8-4-3-5-9-13/h3-11,16,19H,2,12H2,1H3,(H,20,21). The summed E-state index contributed by atoms with van der Waals surface area (Å²) in [6.07, 6.45) is 0. The molecule has 0 saturated carbocycles. The molecule has 5 nitrogen and oxygen atoms in total. The molecule has 2 N–H and O–H groups in total. The summed E-state index contributed by atoms with van der Waals surface area (Å²) in [5, 5.41) is 20.0. The number of para-hydroxylation sites is 1. The van der Waals surface area contributed by atoms with Crippen LogP contribution in [0.1, 0.15) is 6.92 Å². The van der Waals surface area contributed by atoms with Crippen LogP contribution in [-0.2, 0) is 9.63 Å². The molecule has 1 atom stereocenters. The number of carboxylic acid groups (broad SMARTS) is 1. The first-order valence-corrected chi connectivity index (χ1v) is 7.09. The van der Waals surface area contributed by atoms with E-state index >= 15 is 0 Å². The van der Waals surface area contributed by atoms with Gasteiger partial charge in [0.05, 0.1) is 18.9 Å². The Bertz CT molecular complexity index is 615. The van der Waals surface area contributed by atoms with Gasteiger partial charge in [-0.1, -0.05) is 48.5 Å². The number of anilines is 1. The first-order chi connectivity index (χ1) is 10.7. The van der Waals surface area contributed by atoms with Crippen molar-refractivity contribution in [3.63, 3.8) is 0 Å². The van der Waals surface area contributed by atoms with E-state index in [4.69, 9.17) is 4.84 Å². The van der Waals surface area contributed by atoms with Gasteiger partial charge in [0.2, 0.25) is 0 Å². The van der Waals surface area contributed by atoms with Gasteiger partial charge < -0.3 is 10.2 Å². The molecule has 0 aliphatic carbocycles. The molecule has 0 heterocycles. The highest BCUT2D eigenvalue weighted by Crippen LogP contribution is 2.32. The molecule has 5 heteroatoms. The molecular formula is C17H19NO4. The monoisotopic (exact) mass is 301 g/mol. The molecule has 0 saturated heterocycles. The molecule has 0 bridgehead atoms. The maximum Gasteiger partial charge on any atom is 0.331 e. The van der Waals surface area contributed by atoms with Crippen LogP contribution in [0.3, 0.4) is 0 Å². The Kier molecular flexibility index (Phi) is 5.52. The third-order valence-electron chi connectivity index (χ3n) is 3.24. The smallest absolute Gasteiger partial charge is 0.331 e. The van der Waals surface area contributed by atoms with Crippen LogP contribution in [0.15, 0.2) is 54.6 Å². The van der Waals surface area contributed by atoms with Gasteiger partial charge >= 0.3 is 5.97 Å². The average molecular weight is 301 g/mol. The summed E-state index contributed by atoms with van der Waals surface area (Å²) < 4.78 is 0. The SMILES string of the molecule is CCON(c1ccccc1-c1ccccc1)C(CO)C(=O)O. The third kappa shape index (κ3) is 3.44. The Hall–Kier alpha value is -2.37. The molecule has 0 aliphatic heterocycles. The highest BCUT2D eigenvalue weighted by Gasteiger charge is 2.28. The molecule has 0 radical (unpaired) electrons. The van der Waals surface area contributed by atoms with Crippen LogP contribution < -0.4 is 5.06 Å². The van der Waals surface area contributed by atoms with Crippen LogP contribution in [0.25, 0.3) is 11.1 Å². The highest BCUT2D eigenvalue weighted by atomic mass is 16.7. The Morgan fingerprint density at radius 1 is 1.14 bits per heavy atom. The number of hydrogen-bond donors (Lipinski definition) is 2. The summed E-state index contributed by atoms with van der Waals surface area (Å²) >= 11 is 0. The number of benzene rings is 2. The highest BCUT2D eigenvalue weighted by molar-refractivity contribution is 5.83. The molecule has 2 aromatic carbocycles. The lowest BCUT2D eigenvalue weighted by Crippen LogP contribution is -2.44. The van der Waals surface area contributed by atoms with E-state index in [0.29, 0.717) is 12.3 Å². The van der Waals surface area contributed by atoms with E-state index < -0.39 is 18.6 Å². The molecule has 1 unspecified atom stereocenters. The van der Waals surface area contributed by atoms with Crippen molar-refractivity contribution in [3.05, 3.63) is 54.6 Å². The van der Waals surface area contributed by atoms with Crippen LogP contribution in [0.2, 0.25) is 0 Å². The van der Waals surface area contributed by atoms with Crippen molar-refractivity contribution >= 4 is 11.7 Å². The molecule has 0 aromatic heterocycles. The minimum Gasteiger partial charge on any atom is -0.480 e. The van der Waals surface area contributed by atoms with Gasteiger partial charge in [0.15, 0.2) is 6.04 Å². The van der Waals surface area contributed by atoms with Gasteiger partial charge in [-0.25, -0.2) is 9.86 Å². The number of aliphatic carboxylic acids is 1. The van der Waals surface area contributed by atoms with Gasteiger partial charge in [-0.15, -0.1) is 0 Å². The van der Waals surface area contributed by atoms with E-state index in [1.54, 1.807) is 13.0 Å². The fraction of sp³-hybridized carbons (Fsp3) is 0.235. The number of aliphatic hydroxyl groups is 1. The van der Waals surface area contributed by atoms with Crippen LogP contribution in [0.4, 0.5) is 5.69 Å². The Morgan fingerprint density at radius 2 is 1.77 bits per heavy atom. The van der Waals surface area contributed by atoms with Crippen molar-refractivity contribution in [2.45, 2.75) is 13.0 Å². The van der Waals surface area contributed by atoms with E-state index in [-0.39, 0.29) is 0 Å². The normalized spacial score (nSPS) is 11.9. The molecule has 116 valence electrons. The second kappa shape index (κ2) is 7.59. The van der Waals surface area contributed by atoms with Gasteiger partial charge in [0.25, 0.3) is 0 Å². The summed E-state index contributed by atoms with van der Waals surface area (Å²) in [6, 6.07) is 15.8. The van der Waals surface area contributed by atoms with E-state index in [1.807, 2.05) is 48.5 Å². The quantitative estimate of drug-likeness (QED) is 0.769. The first kappa shape index (κ1) is 16.0. The Balaban J connectivity index is 2.51. The summed E-state index contributed by atoms with van der Waals surface area (Å²) in [7, 11) is 0. The van der Waals surface area contributed by atoms with E-state index in [9.17, 15) is 15.0 Å². The lowest BCUT2D eigenvalue weighted by Gasteiger charge is -2.30. The van der Waals surface area contributed by atoms with Crippen LogP contribution in [-0.4, -0.2) is 35.4 Å². The molecule has 0 fully saturated rings. The lowest BCUT2D eigenvalue weighted by atomic mass is 10.0. The number of rotatable bonds is 7. The Labute approximate surface area is 129 Å². The number of carboxylic acids is 1. The average Bonchev–Trinajstić information content (AvgIpc) is 2.55. The fourth-order valence-electron chi connectivity index (χ4n) is 2.25. The Morgan fingerprint density at radius 3 is 2.36 bits per heavy atom. The van der Waals surface area contributed by atoms with Crippen molar-refractivity contribution in [3.8, 4) is 11.1 Å². The maximum atomic E-state index is 11.4. The molecule has 0 amide bonds. The van der Waals surface area contributed by atoms with Gasteiger partial charge in [-0.05, 0) is 18.6 Å². The zero-order chi connectivity index (χ0) is 15.9. The number of nitrogens with zero attached hydrogens (tertiary/aromatic N) is 1. The minimum atomic E-state index is -1.16. The van der Waals surface area contributed by atoms with Gasteiger partial charge in [-0.2, -0.15) is 0 Å². The van der Waals surface area contributed by atoms with Crippen molar-refractivity contribution in [1.82, 2.24) is 0 Å². The van der Waals surface area contributed by atoms with Crippen molar-refractivity contribution in [2.24, 2.45) is 0 Å². The van der Waals surface area contributed by atoms with Crippen LogP contribution in [0, 0.1) is 0 Å². The third-order valence-corrected chi connectivity index (χ3v) is 3.24. The predicted molar refractivity (Wildman–Crippen MR) is 84.5 cm³/mol. The van der Waals surface area contributed by atoms with E-state index in [0.717, 1.165) is 11.1 Å². The van der Waals surface area contributed by atoms with E-state index in [1.165, 1.54) is 5.06 Å². The molecule has 2 aromatic rings. The molecule has 22 heavy (non-hydrogen) atoms. The summed E-state index contributed by atoms with van der Waals surface area (Å²) in [5.41, 5.74) is 2.40. The summed E-state index contributed by atoms with van der Waals surface area (Å²) in [5.74, 6) is -1.14. The first-order valence-electron chi connectivity index (χ1n) is 7.09. The summed E-state index contributed by atoms with van der Waals surface area (Å²) in [4.78, 5) is 16.9. The number of hydroxylamine groups is 1. The summed E-state index contributed by atoms with van der Waals surface area (Å²) in [6.45, 7) is 1.53. The van der Waals surface area contributed by atoms with Crippen LogP contribution >= 0.6 is 0 Å². The second-order valence-electron chi connectivity index (χ2n) is 4.66. The number of hydrogen-bond acceptors (Lipinski definition) is 4. The zero-order valence-corrected chi connectivity index (χ0v) is 12.3. The van der Waals surface area contributed by atoms with Crippen molar-refractivity contribution in [2.75, 3.05) is 18.3 Å². The topological polar surface area (TPSA) is 70.0 Å². The van der Waals surface area contributed by atoms with Gasteiger partial charge in [0.1, 0.15) is 0 Å². The molecule has 2 rings (SSSR count). The molecular weight excluding hydrogens is 282 g/mol.